The Morgan fingerprint density at radius 2 is 1.09 bits per heavy atom. The molecule has 0 aliphatic heterocycles. The molecule has 0 saturated heterocycles. The van der Waals surface area contributed by atoms with E-state index in [1.54, 1.807) is 18.2 Å². The summed E-state index contributed by atoms with van der Waals surface area (Å²) in [7, 11) is 0. The van der Waals surface area contributed by atoms with Gasteiger partial charge in [0.2, 0.25) is 10.8 Å². The van der Waals surface area contributed by atoms with Crippen LogP contribution in [0.25, 0.3) is 32.2 Å². The van der Waals surface area contributed by atoms with Crippen LogP contribution < -0.4 is 0 Å². The molecule has 4 nitrogen and oxygen atoms in total. The predicted molar refractivity (Wildman–Crippen MR) is 86.8 cm³/mol. The summed E-state index contributed by atoms with van der Waals surface area (Å²) in [6.45, 7) is 0. The molecule has 4 heteroatoms. The lowest BCUT2D eigenvalue weighted by Crippen LogP contribution is -1.85. The van der Waals surface area contributed by atoms with E-state index in [0.29, 0.717) is 16.9 Å². The Balaban J connectivity index is 2.33. The first-order valence-electron chi connectivity index (χ1n) is 6.83. The van der Waals surface area contributed by atoms with Gasteiger partial charge in [-0.2, -0.15) is 0 Å². The molecule has 0 unspecified atom stereocenters. The Labute approximate surface area is 127 Å². The fourth-order valence-electron chi connectivity index (χ4n) is 2.54. The minimum absolute atomic E-state index is 0.360. The van der Waals surface area contributed by atoms with Gasteiger partial charge in [0.05, 0.1) is 0 Å². The molecule has 0 aliphatic carbocycles. The van der Waals surface area contributed by atoms with Gasteiger partial charge in [-0.15, -0.1) is 0 Å². The van der Waals surface area contributed by atoms with E-state index in [9.17, 15) is 10.8 Å². The van der Waals surface area contributed by atoms with Crippen molar-refractivity contribution in [3.05, 3.63) is 82.7 Å². The maximum atomic E-state index is 9.26. The van der Waals surface area contributed by atoms with Crippen LogP contribution in [0, 0.1) is 10.8 Å². The molecule has 102 valence electrons. The van der Waals surface area contributed by atoms with Crippen molar-refractivity contribution in [2.45, 2.75) is 0 Å². The van der Waals surface area contributed by atoms with Crippen LogP contribution in [-0.2, 0) is 0 Å². The number of nitrogens with zero attached hydrogens (tertiary/aromatic N) is 4. The van der Waals surface area contributed by atoms with Gasteiger partial charge in [0.25, 0.3) is 0 Å². The minimum Gasteiger partial charge on any atom is -0.0622 e. The van der Waals surface area contributed by atoms with E-state index in [4.69, 9.17) is 0 Å². The predicted octanol–water partition coefficient (Wildman–Crippen LogP) is 5.99. The second-order valence-electron chi connectivity index (χ2n) is 4.78. The van der Waals surface area contributed by atoms with Gasteiger partial charge in [-0.1, -0.05) is 54.6 Å². The van der Waals surface area contributed by atoms with Crippen LogP contribution in [0.3, 0.4) is 0 Å². The lowest BCUT2D eigenvalue weighted by atomic mass is 9.93. The molecule has 0 amide bonds. The third-order valence-corrected chi connectivity index (χ3v) is 3.52. The normalized spacial score (nSPS) is 9.73. The average Bonchev–Trinajstić information content (AvgIpc) is 2.61. The van der Waals surface area contributed by atoms with Crippen molar-refractivity contribution < 1.29 is 0 Å². The third-order valence-electron chi connectivity index (χ3n) is 3.52. The Morgan fingerprint density at radius 3 is 1.68 bits per heavy atom. The van der Waals surface area contributed by atoms with Gasteiger partial charge >= 0.3 is 11.4 Å². The number of hydrogen-bond acceptors (Lipinski definition) is 2. The van der Waals surface area contributed by atoms with Crippen molar-refractivity contribution in [1.29, 1.82) is 10.8 Å². The van der Waals surface area contributed by atoms with Crippen LogP contribution in [0.15, 0.2) is 72.8 Å². The van der Waals surface area contributed by atoms with Crippen molar-refractivity contribution in [2.24, 2.45) is 0 Å². The largest absolute Gasteiger partial charge is 0.400 e. The smallest absolute Gasteiger partial charge is 0.0622 e. The summed E-state index contributed by atoms with van der Waals surface area (Å²) in [6.07, 6.45) is 0. The zero-order valence-corrected chi connectivity index (χ0v) is 11.7. The van der Waals surface area contributed by atoms with Crippen LogP contribution >= 0.6 is 0 Å². The molecular weight excluding hydrogens is 272 g/mol. The van der Waals surface area contributed by atoms with Crippen molar-refractivity contribution >= 4 is 11.4 Å². The van der Waals surface area contributed by atoms with Crippen molar-refractivity contribution in [1.82, 2.24) is 0 Å². The van der Waals surface area contributed by atoms with Crippen LogP contribution in [0.2, 0.25) is 0 Å². The van der Waals surface area contributed by atoms with Crippen molar-refractivity contribution in [3.8, 4) is 22.3 Å². The van der Waals surface area contributed by atoms with Crippen LogP contribution in [-0.4, -0.2) is 0 Å². The minimum atomic E-state index is 0.360. The number of hydrogen-bond donors (Lipinski definition) is 0. The average molecular weight is 284 g/mol. The second kappa shape index (κ2) is 5.87. The van der Waals surface area contributed by atoms with Crippen molar-refractivity contribution in [2.75, 3.05) is 0 Å². The van der Waals surface area contributed by atoms with E-state index >= 15 is 0 Å². The van der Waals surface area contributed by atoms with E-state index < -0.39 is 0 Å². The SMILES string of the molecule is N#[N+]c1cccc([N+]#N)c1-c1ccccc1-c1ccccc1. The molecule has 0 saturated carbocycles. The summed E-state index contributed by atoms with van der Waals surface area (Å²) in [4.78, 5) is 6.64. The molecule has 0 spiro atoms. The maximum Gasteiger partial charge on any atom is 0.400 e. The van der Waals surface area contributed by atoms with E-state index in [0.717, 1.165) is 16.7 Å². The molecule has 0 aromatic heterocycles. The molecule has 3 aromatic carbocycles. The lowest BCUT2D eigenvalue weighted by molar-refractivity contribution is 1.44. The third kappa shape index (κ3) is 2.30. The number of diazo groups is 2. The first kappa shape index (κ1) is 13.5. The highest BCUT2D eigenvalue weighted by atomic mass is 14.9. The zero-order valence-electron chi connectivity index (χ0n) is 11.7. The van der Waals surface area contributed by atoms with E-state index in [1.807, 2.05) is 54.6 Å². The van der Waals surface area contributed by atoms with Gasteiger partial charge in [0.1, 0.15) is 0 Å². The Hall–Kier alpha value is -3.50. The highest BCUT2D eigenvalue weighted by Gasteiger charge is 2.28. The molecule has 0 radical (unpaired) electrons. The van der Waals surface area contributed by atoms with Crippen LogP contribution in [0.4, 0.5) is 11.4 Å². The summed E-state index contributed by atoms with van der Waals surface area (Å²) in [5.41, 5.74) is 4.16. The number of rotatable bonds is 2. The molecule has 0 aliphatic rings. The topological polar surface area (TPSA) is 56.3 Å². The Bertz CT molecular complexity index is 870. The summed E-state index contributed by atoms with van der Waals surface area (Å²) < 4.78 is 0. The van der Waals surface area contributed by atoms with Gasteiger partial charge < -0.3 is 0 Å². The van der Waals surface area contributed by atoms with E-state index in [1.165, 1.54) is 0 Å². The Morgan fingerprint density at radius 1 is 0.545 bits per heavy atom. The fraction of sp³-hybridized carbons (Fsp3) is 0. The van der Waals surface area contributed by atoms with Gasteiger partial charge in [-0.3, -0.25) is 0 Å². The highest BCUT2D eigenvalue weighted by molar-refractivity contribution is 5.96. The molecule has 0 atom stereocenters. The molecule has 3 rings (SSSR count). The molecule has 0 heterocycles. The number of benzene rings is 3. The van der Waals surface area contributed by atoms with Crippen LogP contribution in [0.1, 0.15) is 0 Å². The molecule has 3 aromatic rings. The molecule has 0 bridgehead atoms. The first-order valence-corrected chi connectivity index (χ1v) is 6.83. The fourth-order valence-corrected chi connectivity index (χ4v) is 2.54. The first-order chi connectivity index (χ1) is 10.8. The van der Waals surface area contributed by atoms with E-state index in [2.05, 4.69) is 9.95 Å². The van der Waals surface area contributed by atoms with Crippen LogP contribution in [0.5, 0.6) is 0 Å². The standard InChI is InChI=1S/C18H12N4/c19-21-16-11-6-12-17(22-20)18(16)15-10-5-4-9-14(15)13-7-2-1-3-8-13/h1-12H/q+2. The van der Waals surface area contributed by atoms with Crippen molar-refractivity contribution in [3.63, 3.8) is 0 Å². The Kier molecular flexibility index (Phi) is 3.59. The summed E-state index contributed by atoms with van der Waals surface area (Å²) in [5, 5.41) is 18.5. The van der Waals surface area contributed by atoms with Gasteiger partial charge in [-0.05, 0) is 17.2 Å². The van der Waals surface area contributed by atoms with Gasteiger partial charge in [0.15, 0.2) is 15.5 Å². The quantitative estimate of drug-likeness (QED) is 0.543. The van der Waals surface area contributed by atoms with Gasteiger partial charge in [0, 0.05) is 17.7 Å². The molecular formula is C18H12N4+2. The zero-order chi connectivity index (χ0) is 15.4. The summed E-state index contributed by atoms with van der Waals surface area (Å²) in [6, 6.07) is 22.7. The van der Waals surface area contributed by atoms with E-state index in [-0.39, 0.29) is 0 Å². The molecule has 0 N–H and O–H groups in total. The second-order valence-corrected chi connectivity index (χ2v) is 4.78. The molecule has 22 heavy (non-hydrogen) atoms. The van der Waals surface area contributed by atoms with Gasteiger partial charge in [-0.25, -0.2) is 0 Å². The molecule has 0 fully saturated rings. The monoisotopic (exact) mass is 284 g/mol. The highest BCUT2D eigenvalue weighted by Crippen LogP contribution is 2.43. The lowest BCUT2D eigenvalue weighted by Gasteiger charge is -2.07. The maximum absolute atomic E-state index is 9.26. The summed E-state index contributed by atoms with van der Waals surface area (Å²) >= 11 is 0. The summed E-state index contributed by atoms with van der Waals surface area (Å²) in [5.74, 6) is 0.